The SMILES string of the molecule is OC[C@@H]1NC[C@@](O)(CO)[C@@H]1O. The van der Waals surface area contributed by atoms with Gasteiger partial charge in [-0.15, -0.1) is 0 Å². The summed E-state index contributed by atoms with van der Waals surface area (Å²) >= 11 is 0. The van der Waals surface area contributed by atoms with Crippen LogP contribution in [0.25, 0.3) is 0 Å². The van der Waals surface area contributed by atoms with Crippen LogP contribution in [0.2, 0.25) is 0 Å². The van der Waals surface area contributed by atoms with E-state index < -0.39 is 24.4 Å². The number of nitrogens with one attached hydrogen (secondary N) is 1. The maximum Gasteiger partial charge on any atom is 0.127 e. The van der Waals surface area contributed by atoms with Gasteiger partial charge in [0.1, 0.15) is 11.7 Å². The van der Waals surface area contributed by atoms with Crippen LogP contribution in [-0.4, -0.2) is 57.9 Å². The summed E-state index contributed by atoms with van der Waals surface area (Å²) in [7, 11) is 0. The standard InChI is InChI=1S/C6H13NO4/c8-1-4-5(10)6(11,3-9)2-7-4/h4-5,7-11H,1-3H2/t4-,5+,6+/m0/s1. The molecule has 0 aromatic carbocycles. The molecule has 0 amide bonds. The average molecular weight is 163 g/mol. The third-order valence-corrected chi connectivity index (χ3v) is 2.07. The molecule has 3 atom stereocenters. The Hall–Kier alpha value is -0.200. The molecule has 0 aliphatic carbocycles. The summed E-state index contributed by atoms with van der Waals surface area (Å²) < 4.78 is 0. The minimum absolute atomic E-state index is 0.107. The first kappa shape index (κ1) is 8.89. The molecule has 0 aromatic heterocycles. The predicted octanol–water partition coefficient (Wildman–Crippen LogP) is -2.97. The summed E-state index contributed by atoms with van der Waals surface area (Å²) in [6, 6.07) is -0.535. The van der Waals surface area contributed by atoms with Gasteiger partial charge in [-0.3, -0.25) is 0 Å². The molecule has 1 fully saturated rings. The van der Waals surface area contributed by atoms with Crippen molar-refractivity contribution in [3.05, 3.63) is 0 Å². The van der Waals surface area contributed by atoms with Crippen LogP contribution in [0.4, 0.5) is 0 Å². The Labute approximate surface area is 64.3 Å². The Morgan fingerprint density at radius 2 is 2.09 bits per heavy atom. The molecule has 1 saturated heterocycles. The van der Waals surface area contributed by atoms with Crippen LogP contribution in [0.15, 0.2) is 0 Å². The van der Waals surface area contributed by atoms with Gasteiger partial charge in [-0.25, -0.2) is 0 Å². The van der Waals surface area contributed by atoms with E-state index in [0.717, 1.165) is 0 Å². The van der Waals surface area contributed by atoms with Crippen LogP contribution in [0.1, 0.15) is 0 Å². The van der Waals surface area contributed by atoms with Crippen molar-refractivity contribution in [2.24, 2.45) is 0 Å². The Morgan fingerprint density at radius 3 is 2.36 bits per heavy atom. The molecular weight excluding hydrogens is 150 g/mol. The van der Waals surface area contributed by atoms with E-state index in [1.165, 1.54) is 0 Å². The summed E-state index contributed by atoms with van der Waals surface area (Å²) in [4.78, 5) is 0. The molecule has 5 N–H and O–H groups in total. The van der Waals surface area contributed by atoms with Crippen molar-refractivity contribution < 1.29 is 20.4 Å². The number of β-amino-alcohol motifs (C(OH)–C–C–N with tert-alkyl or cyclic N) is 1. The van der Waals surface area contributed by atoms with Crippen molar-refractivity contribution >= 4 is 0 Å². The maximum atomic E-state index is 9.40. The van der Waals surface area contributed by atoms with Crippen molar-refractivity contribution in [2.75, 3.05) is 19.8 Å². The first-order valence-electron chi connectivity index (χ1n) is 3.49. The van der Waals surface area contributed by atoms with Gasteiger partial charge in [-0.1, -0.05) is 0 Å². The van der Waals surface area contributed by atoms with Crippen LogP contribution in [0, 0.1) is 0 Å². The third kappa shape index (κ3) is 1.38. The largest absolute Gasteiger partial charge is 0.395 e. The molecule has 0 saturated carbocycles. The highest BCUT2D eigenvalue weighted by Crippen LogP contribution is 2.18. The van der Waals surface area contributed by atoms with Gasteiger partial charge in [0.15, 0.2) is 0 Å². The zero-order valence-electron chi connectivity index (χ0n) is 6.06. The highest BCUT2D eigenvalue weighted by molar-refractivity contribution is 5.01. The highest BCUT2D eigenvalue weighted by atomic mass is 16.4. The summed E-state index contributed by atoms with van der Waals surface area (Å²) in [5.41, 5.74) is -1.49. The molecule has 0 bridgehead atoms. The van der Waals surface area contributed by atoms with E-state index in [2.05, 4.69) is 5.32 Å². The van der Waals surface area contributed by atoms with Gasteiger partial charge in [-0.05, 0) is 0 Å². The molecule has 1 aliphatic rings. The lowest BCUT2D eigenvalue weighted by molar-refractivity contribution is -0.0842. The second kappa shape index (κ2) is 3.04. The molecular formula is C6H13NO4. The summed E-state index contributed by atoms with van der Waals surface area (Å²) in [6.45, 7) is -0.642. The number of hydrogen-bond donors (Lipinski definition) is 5. The number of rotatable bonds is 2. The fraction of sp³-hybridized carbons (Fsp3) is 1.00. The Kier molecular flexibility index (Phi) is 2.46. The maximum absolute atomic E-state index is 9.40. The second-order valence-electron chi connectivity index (χ2n) is 2.88. The van der Waals surface area contributed by atoms with Crippen molar-refractivity contribution in [1.82, 2.24) is 5.32 Å². The van der Waals surface area contributed by atoms with E-state index >= 15 is 0 Å². The first-order chi connectivity index (χ1) is 5.14. The lowest BCUT2D eigenvalue weighted by Crippen LogP contribution is -2.47. The van der Waals surface area contributed by atoms with Gasteiger partial charge in [0, 0.05) is 6.54 Å². The highest BCUT2D eigenvalue weighted by Gasteiger charge is 2.45. The van der Waals surface area contributed by atoms with E-state index in [1.807, 2.05) is 0 Å². The molecule has 5 nitrogen and oxygen atoms in total. The number of hydrogen-bond acceptors (Lipinski definition) is 5. The number of aliphatic hydroxyl groups excluding tert-OH is 3. The smallest absolute Gasteiger partial charge is 0.127 e. The van der Waals surface area contributed by atoms with Crippen molar-refractivity contribution in [2.45, 2.75) is 17.7 Å². The van der Waals surface area contributed by atoms with E-state index in [-0.39, 0.29) is 13.2 Å². The summed E-state index contributed by atoms with van der Waals surface area (Å²) in [5, 5.41) is 38.7. The van der Waals surface area contributed by atoms with Crippen molar-refractivity contribution in [3.8, 4) is 0 Å². The van der Waals surface area contributed by atoms with Crippen LogP contribution >= 0.6 is 0 Å². The molecule has 1 aliphatic heterocycles. The quantitative estimate of drug-likeness (QED) is 0.300. The van der Waals surface area contributed by atoms with E-state index in [0.29, 0.717) is 0 Å². The minimum atomic E-state index is -1.49. The van der Waals surface area contributed by atoms with E-state index in [9.17, 15) is 10.2 Å². The lowest BCUT2D eigenvalue weighted by Gasteiger charge is -2.24. The van der Waals surface area contributed by atoms with Gasteiger partial charge in [-0.2, -0.15) is 0 Å². The van der Waals surface area contributed by atoms with Gasteiger partial charge < -0.3 is 25.7 Å². The Bertz CT molecular complexity index is 143. The monoisotopic (exact) mass is 163 g/mol. The fourth-order valence-corrected chi connectivity index (χ4v) is 1.21. The lowest BCUT2D eigenvalue weighted by atomic mass is 9.98. The average Bonchev–Trinajstić information content (AvgIpc) is 2.31. The molecule has 5 heteroatoms. The molecule has 66 valence electrons. The second-order valence-corrected chi connectivity index (χ2v) is 2.88. The normalized spacial score (nSPS) is 44.7. The molecule has 11 heavy (non-hydrogen) atoms. The van der Waals surface area contributed by atoms with Crippen LogP contribution in [0.5, 0.6) is 0 Å². The van der Waals surface area contributed by atoms with E-state index in [1.54, 1.807) is 0 Å². The molecule has 1 heterocycles. The van der Waals surface area contributed by atoms with Gasteiger partial charge >= 0.3 is 0 Å². The third-order valence-electron chi connectivity index (χ3n) is 2.07. The zero-order valence-corrected chi connectivity index (χ0v) is 6.06. The zero-order chi connectivity index (χ0) is 8.48. The molecule has 0 unspecified atom stereocenters. The molecule has 1 rings (SSSR count). The number of aliphatic hydroxyl groups is 4. The van der Waals surface area contributed by atoms with Gasteiger partial charge in [0.25, 0.3) is 0 Å². The van der Waals surface area contributed by atoms with Crippen LogP contribution in [0.3, 0.4) is 0 Å². The molecule has 0 radical (unpaired) electrons. The van der Waals surface area contributed by atoms with Crippen LogP contribution in [-0.2, 0) is 0 Å². The predicted molar refractivity (Wildman–Crippen MR) is 36.9 cm³/mol. The molecule has 0 aromatic rings. The summed E-state index contributed by atoms with van der Waals surface area (Å²) in [5.74, 6) is 0. The fourth-order valence-electron chi connectivity index (χ4n) is 1.21. The van der Waals surface area contributed by atoms with Gasteiger partial charge in [0.2, 0.25) is 0 Å². The van der Waals surface area contributed by atoms with Crippen molar-refractivity contribution in [1.29, 1.82) is 0 Å². The van der Waals surface area contributed by atoms with Gasteiger partial charge in [0.05, 0.1) is 19.3 Å². The summed E-state index contributed by atoms with van der Waals surface area (Å²) in [6.07, 6.45) is -1.10. The molecule has 0 spiro atoms. The van der Waals surface area contributed by atoms with Crippen molar-refractivity contribution in [3.63, 3.8) is 0 Å². The topological polar surface area (TPSA) is 93.0 Å². The Morgan fingerprint density at radius 1 is 1.45 bits per heavy atom. The minimum Gasteiger partial charge on any atom is -0.395 e. The first-order valence-corrected chi connectivity index (χ1v) is 3.49. The van der Waals surface area contributed by atoms with Crippen LogP contribution < -0.4 is 5.32 Å². The van der Waals surface area contributed by atoms with E-state index in [4.69, 9.17) is 10.2 Å². The Balaban J connectivity index is 2.61.